The molecule has 18 heteroatoms. The van der Waals surface area contributed by atoms with Crippen molar-refractivity contribution in [3.05, 3.63) is 23.8 Å². The van der Waals surface area contributed by atoms with E-state index in [0.717, 1.165) is 0 Å². The van der Waals surface area contributed by atoms with E-state index < -0.39 is 140 Å². The van der Waals surface area contributed by atoms with Crippen molar-refractivity contribution in [2.75, 3.05) is 41.5 Å². The third kappa shape index (κ3) is 13.6. The summed E-state index contributed by atoms with van der Waals surface area (Å²) in [6.07, 6.45) is -8.52. The largest absolute Gasteiger partial charge is 0.462 e. The summed E-state index contributed by atoms with van der Waals surface area (Å²) in [4.78, 5) is 29.3. The number of ketones is 1. The molecule has 0 bridgehead atoms. The van der Waals surface area contributed by atoms with Gasteiger partial charge >= 0.3 is 5.97 Å². The minimum absolute atomic E-state index is 0.00151. The van der Waals surface area contributed by atoms with Crippen molar-refractivity contribution in [1.82, 2.24) is 4.90 Å². The van der Waals surface area contributed by atoms with Crippen LogP contribution >= 0.6 is 0 Å². The molecule has 370 valence electrons. The second kappa shape index (κ2) is 24.3. The van der Waals surface area contributed by atoms with Crippen LogP contribution in [0.4, 0.5) is 0 Å². The third-order valence-electron chi connectivity index (χ3n) is 13.5. The highest BCUT2D eigenvalue weighted by molar-refractivity contribution is 5.91. The summed E-state index contributed by atoms with van der Waals surface area (Å²) in [5, 5.41) is 66.2. The van der Waals surface area contributed by atoms with Gasteiger partial charge in [-0.05, 0) is 80.0 Å². The van der Waals surface area contributed by atoms with Gasteiger partial charge in [-0.2, -0.15) is 0 Å². The Morgan fingerprint density at radius 2 is 1.50 bits per heavy atom. The molecule has 0 aromatic heterocycles. The van der Waals surface area contributed by atoms with E-state index in [4.69, 9.17) is 42.6 Å². The second-order valence-corrected chi connectivity index (χ2v) is 18.9. The summed E-state index contributed by atoms with van der Waals surface area (Å²) >= 11 is 0. The van der Waals surface area contributed by atoms with Gasteiger partial charge in [0.2, 0.25) is 0 Å². The fraction of sp³-hybridized carbons (Fsp3) is 0.870. The van der Waals surface area contributed by atoms with Gasteiger partial charge in [-0.1, -0.05) is 38.5 Å². The first kappa shape index (κ1) is 54.6. The van der Waals surface area contributed by atoms with E-state index in [1.54, 1.807) is 59.7 Å². The number of carbonyl (C=O) groups is 2. The summed E-state index contributed by atoms with van der Waals surface area (Å²) in [5.74, 6) is -3.31. The van der Waals surface area contributed by atoms with Gasteiger partial charge in [0.1, 0.15) is 42.7 Å². The van der Waals surface area contributed by atoms with Gasteiger partial charge in [0.25, 0.3) is 0 Å². The van der Waals surface area contributed by atoms with Gasteiger partial charge in [0.15, 0.2) is 24.7 Å². The number of hydrogen-bond acceptors (Lipinski definition) is 18. The number of methoxy groups -OCH3 is 2. The number of nitrogens with zero attached hydrogens (tertiary/aromatic N) is 1. The highest BCUT2D eigenvalue weighted by Crippen LogP contribution is 2.38. The van der Waals surface area contributed by atoms with Crippen LogP contribution in [0.3, 0.4) is 0 Å². The van der Waals surface area contributed by atoms with Gasteiger partial charge in [-0.25, -0.2) is 0 Å². The molecule has 0 aromatic rings. The Morgan fingerprint density at radius 3 is 2.09 bits per heavy atom. The monoisotopic (exact) mass is 918 g/mol. The first-order valence-electron chi connectivity index (χ1n) is 22.8. The Bertz CT molecular complexity index is 1530. The van der Waals surface area contributed by atoms with Crippen molar-refractivity contribution in [3.8, 4) is 0 Å². The summed E-state index contributed by atoms with van der Waals surface area (Å²) in [6.45, 7) is 13.5. The molecule has 0 radical (unpaired) electrons. The molecular formula is C46H79NO17. The molecular weight excluding hydrogens is 838 g/mol. The van der Waals surface area contributed by atoms with Gasteiger partial charge in [0.05, 0.1) is 55.2 Å². The Hall–Kier alpha value is -1.98. The standard InChI is InChI=1S/C46H79NO17/c1-13-33-30(22-58-45-42(57-12)41(56-11)37(52)26(5)60-45)18-23(2)14-15-31(49)24(3)19-29(16-17-48)39(25(4)32(50)20-34(51)62-33)64-44-38(53)36(47(9)10)40(27(6)61-44)63-35-21-46(8,55)43(54)28(7)59-35/h14-15,18,24-30,32-33,35-45,48,50,52-55H,13,16-17,19-22H2,1-12H3/t24?,25?,26?,27?,28?,29?,30?,32?,33?,35?,36?,37?,38?,39?,40?,41?,42?,43?,44?,45?,46-/m0/s1. The topological polar surface area (TPSA) is 242 Å². The summed E-state index contributed by atoms with van der Waals surface area (Å²) < 4.78 is 54.8. The quantitative estimate of drug-likeness (QED) is 0.144. The molecule has 20 unspecified atom stereocenters. The minimum atomic E-state index is -1.48. The molecule has 0 saturated carbocycles. The van der Waals surface area contributed by atoms with Crippen molar-refractivity contribution in [2.24, 2.45) is 23.7 Å². The average molecular weight is 918 g/mol. The summed E-state index contributed by atoms with van der Waals surface area (Å²) in [7, 11) is 6.47. The Labute approximate surface area is 379 Å². The Kier molecular flexibility index (Phi) is 20.8. The van der Waals surface area contributed by atoms with Crippen LogP contribution in [0, 0.1) is 23.7 Å². The number of carbonyl (C=O) groups excluding carboxylic acids is 2. The number of rotatable bonds is 13. The van der Waals surface area contributed by atoms with Gasteiger partial charge in [-0.3, -0.25) is 9.59 Å². The predicted octanol–water partition coefficient (Wildman–Crippen LogP) is 1.63. The molecule has 6 N–H and O–H groups in total. The number of aliphatic hydroxyl groups excluding tert-OH is 5. The van der Waals surface area contributed by atoms with Crippen molar-refractivity contribution in [2.45, 2.75) is 191 Å². The van der Waals surface area contributed by atoms with Crippen molar-refractivity contribution in [1.29, 1.82) is 0 Å². The third-order valence-corrected chi connectivity index (χ3v) is 13.5. The van der Waals surface area contributed by atoms with E-state index in [1.165, 1.54) is 27.2 Å². The maximum atomic E-state index is 13.8. The van der Waals surface area contributed by atoms with Crippen LogP contribution in [0.25, 0.3) is 0 Å². The zero-order valence-electron chi connectivity index (χ0n) is 39.9. The lowest BCUT2D eigenvalue weighted by atomic mass is 9.79. The molecule has 0 spiro atoms. The maximum Gasteiger partial charge on any atom is 0.308 e. The lowest BCUT2D eigenvalue weighted by Crippen LogP contribution is -2.65. The van der Waals surface area contributed by atoms with Crippen LogP contribution in [0.15, 0.2) is 23.8 Å². The first-order chi connectivity index (χ1) is 30.1. The van der Waals surface area contributed by atoms with Crippen molar-refractivity contribution < 1.29 is 82.9 Å². The smallest absolute Gasteiger partial charge is 0.308 e. The van der Waals surface area contributed by atoms with Crippen LogP contribution in [-0.4, -0.2) is 193 Å². The molecule has 4 heterocycles. The van der Waals surface area contributed by atoms with E-state index in [1.807, 2.05) is 19.9 Å². The average Bonchev–Trinajstić information content (AvgIpc) is 3.23. The summed E-state index contributed by atoms with van der Waals surface area (Å²) in [6, 6.07) is -0.728. The molecule has 4 aliphatic rings. The molecule has 21 atom stereocenters. The minimum Gasteiger partial charge on any atom is -0.462 e. The molecule has 64 heavy (non-hydrogen) atoms. The number of hydrogen-bond donors (Lipinski definition) is 6. The zero-order valence-corrected chi connectivity index (χ0v) is 39.9. The molecule has 0 aromatic carbocycles. The van der Waals surface area contributed by atoms with E-state index in [9.17, 15) is 40.2 Å². The van der Waals surface area contributed by atoms with E-state index in [0.29, 0.717) is 12.0 Å². The van der Waals surface area contributed by atoms with E-state index in [-0.39, 0.29) is 38.3 Å². The number of esters is 1. The van der Waals surface area contributed by atoms with Crippen LogP contribution in [-0.2, 0) is 52.2 Å². The fourth-order valence-electron chi connectivity index (χ4n) is 9.60. The number of cyclic esters (lactones) is 1. The first-order valence-corrected chi connectivity index (χ1v) is 22.8. The highest BCUT2D eigenvalue weighted by atomic mass is 16.7. The van der Waals surface area contributed by atoms with Gasteiger partial charge in [-0.15, -0.1) is 0 Å². The number of aliphatic hydroxyl groups is 6. The molecule has 4 rings (SSSR count). The Balaban J connectivity index is 1.62. The predicted molar refractivity (Wildman–Crippen MR) is 231 cm³/mol. The lowest BCUT2D eigenvalue weighted by molar-refractivity contribution is -0.342. The van der Waals surface area contributed by atoms with Crippen molar-refractivity contribution in [3.63, 3.8) is 0 Å². The van der Waals surface area contributed by atoms with Crippen LogP contribution in [0.2, 0.25) is 0 Å². The molecule has 3 fully saturated rings. The number of allylic oxidation sites excluding steroid dienone is 3. The highest BCUT2D eigenvalue weighted by Gasteiger charge is 2.52. The van der Waals surface area contributed by atoms with E-state index in [2.05, 4.69) is 0 Å². The molecule has 4 aliphatic heterocycles. The van der Waals surface area contributed by atoms with Crippen LogP contribution in [0.1, 0.15) is 87.5 Å². The van der Waals surface area contributed by atoms with E-state index >= 15 is 0 Å². The molecule has 0 aliphatic carbocycles. The lowest BCUT2D eigenvalue weighted by Gasteiger charge is -2.50. The number of ether oxygens (including phenoxy) is 9. The Morgan fingerprint density at radius 1 is 0.844 bits per heavy atom. The molecule has 0 amide bonds. The van der Waals surface area contributed by atoms with Crippen molar-refractivity contribution >= 4 is 11.8 Å². The van der Waals surface area contributed by atoms with Crippen LogP contribution in [0.5, 0.6) is 0 Å². The van der Waals surface area contributed by atoms with Crippen LogP contribution < -0.4 is 0 Å². The SMILES string of the molecule is CCC1OC(=O)CC(O)C(C)C(OC2OC(C)C(OC3C[C@](C)(O)C(O)C(C)O3)C(N(C)C)C2O)C(CCO)CC(C)C(=O)C=CC(C)=CC1COC1OC(C)C(O)C(OC)C1OC. The van der Waals surface area contributed by atoms with Gasteiger partial charge in [0, 0.05) is 45.0 Å². The molecule has 3 saturated heterocycles. The maximum absolute atomic E-state index is 13.8. The fourth-order valence-corrected chi connectivity index (χ4v) is 9.60. The number of likely N-dealkylation sites (N-methyl/N-ethyl adjacent to an activating group) is 1. The molecule has 18 nitrogen and oxygen atoms in total. The van der Waals surface area contributed by atoms with Gasteiger partial charge < -0.3 is 78.2 Å². The zero-order chi connectivity index (χ0) is 47.8. The second-order valence-electron chi connectivity index (χ2n) is 18.9. The normalized spacial score (nSPS) is 44.7. The summed E-state index contributed by atoms with van der Waals surface area (Å²) in [5.41, 5.74) is -0.782.